The first-order valence-corrected chi connectivity index (χ1v) is 12.1. The molecule has 35 heavy (non-hydrogen) atoms. The van der Waals surface area contributed by atoms with Crippen molar-refractivity contribution in [2.45, 2.75) is 53.2 Å². The van der Waals surface area contributed by atoms with Crippen LogP contribution in [0.2, 0.25) is 5.02 Å². The number of aromatic nitrogens is 3. The van der Waals surface area contributed by atoms with Crippen LogP contribution in [0.4, 0.5) is 5.95 Å². The molecule has 2 N–H and O–H groups in total. The van der Waals surface area contributed by atoms with E-state index in [9.17, 15) is 9.59 Å². The van der Waals surface area contributed by atoms with Gasteiger partial charge in [0, 0.05) is 42.8 Å². The lowest BCUT2D eigenvalue weighted by Gasteiger charge is -2.31. The predicted octanol–water partition coefficient (Wildman–Crippen LogP) is 4.52. The molecule has 0 fully saturated rings. The maximum Gasteiger partial charge on any atom is 0.256 e. The van der Waals surface area contributed by atoms with E-state index in [4.69, 9.17) is 16.3 Å². The Morgan fingerprint density at radius 2 is 1.94 bits per heavy atom. The molecule has 9 heteroatoms. The number of benzene rings is 1. The number of fused-ring (bicyclic) bond motifs is 1. The fourth-order valence-corrected chi connectivity index (χ4v) is 4.61. The molecule has 0 saturated heterocycles. The maximum atomic E-state index is 13.8. The van der Waals surface area contributed by atoms with Gasteiger partial charge < -0.3 is 19.9 Å². The van der Waals surface area contributed by atoms with E-state index >= 15 is 0 Å². The standard InChI is InChI=1S/C26H30ClN5O3/c1-6-16(4)35-21-10-19(17-11-29-26(28-5)30-12-17)18-7-8-32(25(34)22(18)23(21)27)13-20-14(2)9-15(3)31-24(20)33/h9-12,16H,6-8,13H2,1-5H3,(H,31,33)(H,28,29,30). The number of nitrogens with zero attached hydrogens (tertiary/aromatic N) is 3. The Morgan fingerprint density at radius 1 is 1.23 bits per heavy atom. The summed E-state index contributed by atoms with van der Waals surface area (Å²) in [7, 11) is 1.76. The highest BCUT2D eigenvalue weighted by atomic mass is 35.5. The molecule has 184 valence electrons. The molecule has 2 aromatic heterocycles. The average Bonchev–Trinajstić information content (AvgIpc) is 2.84. The molecule has 0 aliphatic carbocycles. The summed E-state index contributed by atoms with van der Waals surface area (Å²) in [5.74, 6) is 0.736. The smallest absolute Gasteiger partial charge is 0.256 e. The fourth-order valence-electron chi connectivity index (χ4n) is 4.32. The van der Waals surface area contributed by atoms with Crippen molar-refractivity contribution in [3.63, 3.8) is 0 Å². The number of hydrogen-bond acceptors (Lipinski definition) is 6. The summed E-state index contributed by atoms with van der Waals surface area (Å²) in [6, 6.07) is 3.79. The van der Waals surface area contributed by atoms with Gasteiger partial charge in [0.25, 0.3) is 11.5 Å². The molecular formula is C26H30ClN5O3. The Bertz CT molecular complexity index is 1320. The van der Waals surface area contributed by atoms with Crippen LogP contribution < -0.4 is 15.6 Å². The Morgan fingerprint density at radius 3 is 2.57 bits per heavy atom. The molecule has 0 radical (unpaired) electrons. The van der Waals surface area contributed by atoms with Gasteiger partial charge in [-0.05, 0) is 62.4 Å². The average molecular weight is 496 g/mol. The van der Waals surface area contributed by atoms with Gasteiger partial charge in [-0.3, -0.25) is 9.59 Å². The second kappa shape index (κ2) is 10.1. The zero-order valence-corrected chi connectivity index (χ0v) is 21.4. The van der Waals surface area contributed by atoms with Crippen LogP contribution in [0.25, 0.3) is 11.1 Å². The van der Waals surface area contributed by atoms with E-state index < -0.39 is 0 Å². The molecule has 1 atom stereocenters. The molecule has 1 aromatic carbocycles. The number of pyridine rings is 1. The summed E-state index contributed by atoms with van der Waals surface area (Å²) < 4.78 is 6.11. The van der Waals surface area contributed by atoms with E-state index in [2.05, 4.69) is 20.3 Å². The second-order valence-electron chi connectivity index (χ2n) is 8.89. The third-order valence-corrected chi connectivity index (χ3v) is 6.78. The van der Waals surface area contributed by atoms with Gasteiger partial charge in [0.15, 0.2) is 0 Å². The minimum atomic E-state index is -0.223. The highest BCUT2D eigenvalue weighted by Crippen LogP contribution is 2.41. The first-order valence-electron chi connectivity index (χ1n) is 11.7. The van der Waals surface area contributed by atoms with Crippen LogP contribution in [0.5, 0.6) is 5.75 Å². The maximum absolute atomic E-state index is 13.8. The highest BCUT2D eigenvalue weighted by molar-refractivity contribution is 6.35. The number of rotatable bonds is 7. The highest BCUT2D eigenvalue weighted by Gasteiger charge is 2.32. The minimum absolute atomic E-state index is 0.0788. The largest absolute Gasteiger partial charge is 0.489 e. The zero-order chi connectivity index (χ0) is 25.3. The molecule has 0 spiro atoms. The number of hydrogen-bond donors (Lipinski definition) is 2. The van der Waals surface area contributed by atoms with E-state index in [1.165, 1.54) is 0 Å². The summed E-state index contributed by atoms with van der Waals surface area (Å²) in [6.45, 7) is 8.38. The number of carbonyl (C=O) groups excluding carboxylic acids is 1. The van der Waals surface area contributed by atoms with E-state index in [1.807, 2.05) is 39.8 Å². The van der Waals surface area contributed by atoms with Crippen LogP contribution in [-0.4, -0.2) is 45.5 Å². The molecule has 3 heterocycles. The Labute approximate surface area is 209 Å². The molecule has 1 amide bonds. The third kappa shape index (κ3) is 4.89. The Balaban J connectivity index is 1.80. The van der Waals surface area contributed by atoms with E-state index in [1.54, 1.807) is 24.3 Å². The molecule has 3 aromatic rings. The number of aromatic amines is 1. The van der Waals surface area contributed by atoms with E-state index in [0.717, 1.165) is 34.4 Å². The Kier molecular flexibility index (Phi) is 7.12. The number of nitrogens with one attached hydrogen (secondary N) is 2. The fraction of sp³-hybridized carbons (Fsp3) is 0.385. The van der Waals surface area contributed by atoms with Crippen LogP contribution in [-0.2, 0) is 13.0 Å². The van der Waals surface area contributed by atoms with Crippen molar-refractivity contribution in [1.29, 1.82) is 0 Å². The SMILES string of the molecule is CCC(C)Oc1cc(-c2cnc(NC)nc2)c2c(c1Cl)C(=O)N(Cc1c(C)cc(C)[nH]c1=O)CC2. The molecule has 0 saturated carbocycles. The van der Waals surface area contributed by atoms with Crippen molar-refractivity contribution < 1.29 is 9.53 Å². The van der Waals surface area contributed by atoms with Gasteiger partial charge in [-0.1, -0.05) is 18.5 Å². The number of anilines is 1. The van der Waals surface area contributed by atoms with Crippen LogP contribution in [0.1, 0.15) is 53.0 Å². The van der Waals surface area contributed by atoms with Crippen molar-refractivity contribution in [2.75, 3.05) is 18.9 Å². The lowest BCUT2D eigenvalue weighted by Crippen LogP contribution is -2.39. The second-order valence-corrected chi connectivity index (χ2v) is 9.27. The van der Waals surface area contributed by atoms with Gasteiger partial charge in [-0.2, -0.15) is 0 Å². The van der Waals surface area contributed by atoms with Crippen molar-refractivity contribution in [1.82, 2.24) is 19.9 Å². The number of H-pyrrole nitrogens is 1. The summed E-state index contributed by atoms with van der Waals surface area (Å²) in [5.41, 5.74) is 4.89. The topological polar surface area (TPSA) is 100 Å². The summed E-state index contributed by atoms with van der Waals surface area (Å²) in [5, 5.41) is 3.21. The molecule has 1 aliphatic rings. The quantitative estimate of drug-likeness (QED) is 0.500. The van der Waals surface area contributed by atoms with Gasteiger partial charge >= 0.3 is 0 Å². The van der Waals surface area contributed by atoms with Crippen LogP contribution in [0.3, 0.4) is 0 Å². The Hall–Kier alpha value is -3.39. The number of carbonyl (C=O) groups is 1. The monoisotopic (exact) mass is 495 g/mol. The molecule has 0 bridgehead atoms. The molecule has 4 rings (SSSR count). The number of ether oxygens (including phenoxy) is 1. The normalized spacial score (nSPS) is 14.0. The molecular weight excluding hydrogens is 466 g/mol. The zero-order valence-electron chi connectivity index (χ0n) is 20.7. The lowest BCUT2D eigenvalue weighted by atomic mass is 9.90. The number of amides is 1. The first kappa shape index (κ1) is 24.7. The van der Waals surface area contributed by atoms with Crippen molar-refractivity contribution >= 4 is 23.5 Å². The van der Waals surface area contributed by atoms with Gasteiger partial charge in [0.1, 0.15) is 5.75 Å². The summed E-state index contributed by atoms with van der Waals surface area (Å²) >= 11 is 6.80. The van der Waals surface area contributed by atoms with Crippen molar-refractivity contribution in [2.24, 2.45) is 0 Å². The van der Waals surface area contributed by atoms with Gasteiger partial charge in [-0.25, -0.2) is 9.97 Å². The minimum Gasteiger partial charge on any atom is -0.489 e. The van der Waals surface area contributed by atoms with Crippen LogP contribution in [0, 0.1) is 13.8 Å². The number of halogens is 1. The summed E-state index contributed by atoms with van der Waals surface area (Å²) in [4.78, 5) is 39.5. The third-order valence-electron chi connectivity index (χ3n) is 6.40. The van der Waals surface area contributed by atoms with Gasteiger partial charge in [0.2, 0.25) is 5.95 Å². The van der Waals surface area contributed by atoms with E-state index in [-0.39, 0.29) is 24.1 Å². The first-order chi connectivity index (χ1) is 16.7. The predicted molar refractivity (Wildman–Crippen MR) is 137 cm³/mol. The van der Waals surface area contributed by atoms with E-state index in [0.29, 0.717) is 40.8 Å². The van der Waals surface area contributed by atoms with Crippen molar-refractivity contribution in [3.05, 3.63) is 67.9 Å². The molecule has 8 nitrogen and oxygen atoms in total. The molecule has 1 aliphatic heterocycles. The molecule has 1 unspecified atom stereocenters. The summed E-state index contributed by atoms with van der Waals surface area (Å²) in [6.07, 6.45) is 4.74. The number of aryl methyl sites for hydroxylation is 2. The van der Waals surface area contributed by atoms with Gasteiger partial charge in [-0.15, -0.1) is 0 Å². The lowest BCUT2D eigenvalue weighted by molar-refractivity contribution is 0.0725. The van der Waals surface area contributed by atoms with Crippen LogP contribution >= 0.6 is 11.6 Å². The van der Waals surface area contributed by atoms with Gasteiger partial charge in [0.05, 0.1) is 23.2 Å². The van der Waals surface area contributed by atoms with Crippen molar-refractivity contribution in [3.8, 4) is 16.9 Å². The van der Waals surface area contributed by atoms with Crippen LogP contribution in [0.15, 0.2) is 29.3 Å².